The molecule has 0 aliphatic heterocycles. The molecular weight excluding hydrogens is 302 g/mol. The van der Waals surface area contributed by atoms with Crippen LogP contribution in [0.3, 0.4) is 0 Å². The van der Waals surface area contributed by atoms with Gasteiger partial charge in [-0.05, 0) is 43.7 Å². The molecule has 1 N–H and O–H groups in total. The minimum atomic E-state index is 0.612. The molecule has 5 heteroatoms. The molecule has 0 saturated heterocycles. The normalized spacial score (nSPS) is 13.5. The fourth-order valence-corrected chi connectivity index (χ4v) is 3.11. The molecule has 120 valence electrons. The number of hydrogen-bond acceptors (Lipinski definition) is 4. The van der Waals surface area contributed by atoms with E-state index in [9.17, 15) is 0 Å². The first-order chi connectivity index (χ1) is 11.7. The molecule has 3 aromatic heterocycles. The van der Waals surface area contributed by atoms with Gasteiger partial charge in [-0.25, -0.2) is 4.98 Å². The van der Waals surface area contributed by atoms with Gasteiger partial charge in [-0.15, -0.1) is 5.73 Å². The van der Waals surface area contributed by atoms with Gasteiger partial charge < -0.3 is 14.2 Å². The third-order valence-electron chi connectivity index (χ3n) is 4.24. The van der Waals surface area contributed by atoms with Gasteiger partial charge in [0.15, 0.2) is 0 Å². The predicted octanol–water partition coefficient (Wildman–Crippen LogP) is 3.98. The van der Waals surface area contributed by atoms with Crippen LogP contribution in [0.15, 0.2) is 34.5 Å². The molecule has 0 spiro atoms. The average Bonchev–Trinajstić information content (AvgIpc) is 3.06. The summed E-state index contributed by atoms with van der Waals surface area (Å²) in [6.45, 7) is 3.87. The van der Waals surface area contributed by atoms with E-state index in [0.717, 1.165) is 51.3 Å². The van der Waals surface area contributed by atoms with Crippen molar-refractivity contribution >= 4 is 22.7 Å². The summed E-state index contributed by atoms with van der Waals surface area (Å²) in [5.74, 6) is 1.41. The highest BCUT2D eigenvalue weighted by Gasteiger charge is 2.16. The van der Waals surface area contributed by atoms with Crippen molar-refractivity contribution < 1.29 is 9.26 Å². The predicted molar refractivity (Wildman–Crippen MR) is 92.9 cm³/mol. The standard InChI is InChI=1S/C19H17N3O2/c1-11-18(12(2)24-22-11)13-6-4-5-7-14-16(10-13)20-15-8-9-17(23-3)21-19(14)15/h5-6,8-10,20H,7H2,1-3H3. The van der Waals surface area contributed by atoms with E-state index < -0.39 is 0 Å². The van der Waals surface area contributed by atoms with Crippen LogP contribution in [0, 0.1) is 13.8 Å². The van der Waals surface area contributed by atoms with Gasteiger partial charge in [-0.1, -0.05) is 5.16 Å². The highest BCUT2D eigenvalue weighted by molar-refractivity contribution is 5.93. The summed E-state index contributed by atoms with van der Waals surface area (Å²) in [6.07, 6.45) is 6.85. The van der Waals surface area contributed by atoms with E-state index in [1.54, 1.807) is 7.11 Å². The Hall–Kier alpha value is -3.04. The second kappa shape index (κ2) is 5.55. The number of aromatic amines is 1. The molecule has 1 aliphatic rings. The molecule has 0 amide bonds. The van der Waals surface area contributed by atoms with Crippen molar-refractivity contribution in [3.05, 3.63) is 58.3 Å². The minimum absolute atomic E-state index is 0.612. The maximum Gasteiger partial charge on any atom is 0.213 e. The Morgan fingerprint density at radius 3 is 2.92 bits per heavy atom. The third kappa shape index (κ3) is 2.27. The Balaban J connectivity index is 1.95. The van der Waals surface area contributed by atoms with Crippen molar-refractivity contribution in [3.8, 4) is 5.88 Å². The number of aromatic nitrogens is 3. The highest BCUT2D eigenvalue weighted by Crippen LogP contribution is 2.31. The molecular formula is C19H17N3O2. The lowest BCUT2D eigenvalue weighted by molar-refractivity contribution is 0.393. The van der Waals surface area contributed by atoms with Crippen molar-refractivity contribution in [1.82, 2.24) is 15.1 Å². The largest absolute Gasteiger partial charge is 0.481 e. The van der Waals surface area contributed by atoms with Crippen LogP contribution in [0.2, 0.25) is 0 Å². The molecule has 24 heavy (non-hydrogen) atoms. The summed E-state index contributed by atoms with van der Waals surface area (Å²) in [4.78, 5) is 8.04. The van der Waals surface area contributed by atoms with Crippen LogP contribution in [0.25, 0.3) is 22.7 Å². The van der Waals surface area contributed by atoms with Gasteiger partial charge in [0.2, 0.25) is 5.88 Å². The smallest absolute Gasteiger partial charge is 0.213 e. The van der Waals surface area contributed by atoms with Crippen LogP contribution in [-0.4, -0.2) is 22.2 Å². The third-order valence-corrected chi connectivity index (χ3v) is 4.24. The van der Waals surface area contributed by atoms with Gasteiger partial charge in [0, 0.05) is 29.3 Å². The first-order valence-corrected chi connectivity index (χ1v) is 7.79. The van der Waals surface area contributed by atoms with Gasteiger partial charge in [0.05, 0.1) is 23.8 Å². The summed E-state index contributed by atoms with van der Waals surface area (Å²) in [5.41, 5.74) is 10.2. The minimum Gasteiger partial charge on any atom is -0.481 e. The maximum atomic E-state index is 5.31. The van der Waals surface area contributed by atoms with Crippen LogP contribution in [0.5, 0.6) is 5.88 Å². The SMILES string of the molecule is COc1ccc2[nH]c3c(c2n1)CC=C=CC(c1c(C)noc1C)=C3. The second-order valence-electron chi connectivity index (χ2n) is 5.79. The molecule has 3 aromatic rings. The topological polar surface area (TPSA) is 63.9 Å². The maximum absolute atomic E-state index is 5.31. The molecule has 0 aromatic carbocycles. The molecule has 0 unspecified atom stereocenters. The zero-order chi connectivity index (χ0) is 16.7. The Morgan fingerprint density at radius 2 is 2.17 bits per heavy atom. The van der Waals surface area contributed by atoms with Crippen LogP contribution in [-0.2, 0) is 6.42 Å². The van der Waals surface area contributed by atoms with Crippen molar-refractivity contribution in [2.45, 2.75) is 20.3 Å². The van der Waals surface area contributed by atoms with E-state index >= 15 is 0 Å². The Bertz CT molecular complexity index is 1010. The number of H-pyrrole nitrogens is 1. The fourth-order valence-electron chi connectivity index (χ4n) is 3.11. The van der Waals surface area contributed by atoms with Crippen LogP contribution in [0.4, 0.5) is 0 Å². The second-order valence-corrected chi connectivity index (χ2v) is 5.79. The van der Waals surface area contributed by atoms with E-state index in [1.165, 1.54) is 0 Å². The highest BCUT2D eigenvalue weighted by atomic mass is 16.5. The van der Waals surface area contributed by atoms with Gasteiger partial charge in [0.25, 0.3) is 0 Å². The summed E-state index contributed by atoms with van der Waals surface area (Å²) in [6, 6.07) is 3.85. The molecule has 1 aliphatic carbocycles. The molecule has 0 saturated carbocycles. The lowest BCUT2D eigenvalue weighted by Gasteiger charge is -2.04. The Morgan fingerprint density at radius 1 is 1.29 bits per heavy atom. The summed E-state index contributed by atoms with van der Waals surface area (Å²) in [7, 11) is 1.63. The van der Waals surface area contributed by atoms with Gasteiger partial charge >= 0.3 is 0 Å². The van der Waals surface area contributed by atoms with Crippen LogP contribution in [0.1, 0.15) is 28.3 Å². The van der Waals surface area contributed by atoms with Gasteiger partial charge in [0.1, 0.15) is 5.76 Å². The number of allylic oxidation sites excluding steroid dienone is 2. The Labute approximate surface area is 139 Å². The number of nitrogens with zero attached hydrogens (tertiary/aromatic N) is 2. The van der Waals surface area contributed by atoms with Crippen LogP contribution < -0.4 is 4.74 Å². The first-order valence-electron chi connectivity index (χ1n) is 7.79. The summed E-state index contributed by atoms with van der Waals surface area (Å²) < 4.78 is 10.6. The zero-order valence-corrected chi connectivity index (χ0v) is 13.8. The fraction of sp³-hybridized carbons (Fsp3) is 0.211. The quantitative estimate of drug-likeness (QED) is 0.726. The number of fused-ring (bicyclic) bond motifs is 3. The molecule has 0 radical (unpaired) electrons. The molecule has 4 rings (SSSR count). The van der Waals surface area contributed by atoms with E-state index in [1.807, 2.05) is 38.1 Å². The van der Waals surface area contributed by atoms with Crippen LogP contribution >= 0.6 is 0 Å². The number of pyridine rings is 1. The van der Waals surface area contributed by atoms with E-state index in [4.69, 9.17) is 9.26 Å². The monoisotopic (exact) mass is 319 g/mol. The zero-order valence-electron chi connectivity index (χ0n) is 13.8. The van der Waals surface area contributed by atoms with Gasteiger partial charge in [-0.3, -0.25) is 0 Å². The van der Waals surface area contributed by atoms with Gasteiger partial charge in [-0.2, -0.15) is 0 Å². The summed E-state index contributed by atoms with van der Waals surface area (Å²) in [5, 5.41) is 4.05. The van der Waals surface area contributed by atoms with E-state index in [2.05, 4.69) is 26.9 Å². The molecule has 5 nitrogen and oxygen atoms in total. The molecule has 0 bridgehead atoms. The van der Waals surface area contributed by atoms with Crippen molar-refractivity contribution in [2.75, 3.05) is 7.11 Å². The Kier molecular flexibility index (Phi) is 3.36. The number of aryl methyl sites for hydroxylation is 2. The number of methoxy groups -OCH3 is 1. The molecule has 3 heterocycles. The van der Waals surface area contributed by atoms with Crippen molar-refractivity contribution in [2.24, 2.45) is 0 Å². The summed E-state index contributed by atoms with van der Waals surface area (Å²) >= 11 is 0. The number of hydrogen-bond donors (Lipinski definition) is 1. The van der Waals surface area contributed by atoms with E-state index in [-0.39, 0.29) is 0 Å². The number of rotatable bonds is 2. The average molecular weight is 319 g/mol. The molecule has 0 fully saturated rings. The number of ether oxygens (including phenoxy) is 1. The lowest BCUT2D eigenvalue weighted by Crippen LogP contribution is -1.91. The van der Waals surface area contributed by atoms with Crippen molar-refractivity contribution in [3.63, 3.8) is 0 Å². The van der Waals surface area contributed by atoms with Crippen molar-refractivity contribution in [1.29, 1.82) is 0 Å². The molecule has 0 atom stereocenters. The van der Waals surface area contributed by atoms with E-state index in [0.29, 0.717) is 5.88 Å². The lowest BCUT2D eigenvalue weighted by atomic mass is 9.99. The number of nitrogens with one attached hydrogen (secondary N) is 1. The first kappa shape index (κ1) is 14.5.